The highest BCUT2D eigenvalue weighted by atomic mass is 19.4. The molecule has 0 saturated heterocycles. The Balaban J connectivity index is 2.84. The van der Waals surface area contributed by atoms with E-state index in [2.05, 4.69) is 9.98 Å². The number of halogens is 3. The van der Waals surface area contributed by atoms with Crippen LogP contribution < -0.4 is 5.73 Å². The van der Waals surface area contributed by atoms with Crippen LogP contribution in [-0.4, -0.2) is 29.9 Å². The van der Waals surface area contributed by atoms with Gasteiger partial charge in [-0.2, -0.15) is 13.2 Å². The number of hydrogen-bond acceptors (Lipinski definition) is 2. The molecule has 2 N–H and O–H groups in total. The molecule has 94 valence electrons. The quantitative estimate of drug-likeness (QED) is 0.635. The van der Waals surface area contributed by atoms with Crippen LogP contribution in [0.1, 0.15) is 11.4 Å². The van der Waals surface area contributed by atoms with Gasteiger partial charge in [-0.05, 0) is 12.1 Å². The molecule has 17 heavy (non-hydrogen) atoms. The van der Waals surface area contributed by atoms with E-state index in [0.29, 0.717) is 0 Å². The highest BCUT2D eigenvalue weighted by Crippen LogP contribution is 2.27. The molecule has 0 amide bonds. The fourth-order valence-electron chi connectivity index (χ4n) is 1.03. The summed E-state index contributed by atoms with van der Waals surface area (Å²) < 4.78 is 37.1. The van der Waals surface area contributed by atoms with Crippen LogP contribution in [0.4, 0.5) is 13.2 Å². The molecule has 0 atom stereocenters. The smallest absolute Gasteiger partial charge is 0.370 e. The van der Waals surface area contributed by atoms with Gasteiger partial charge in [0.15, 0.2) is 5.96 Å². The average molecular weight is 246 g/mol. The maximum atomic E-state index is 12.4. The maximum absolute atomic E-state index is 12.4. The van der Waals surface area contributed by atoms with Crippen molar-refractivity contribution in [1.29, 1.82) is 0 Å². The lowest BCUT2D eigenvalue weighted by molar-refractivity contribution is -0.141. The van der Waals surface area contributed by atoms with Crippen molar-refractivity contribution in [3.8, 4) is 0 Å². The van der Waals surface area contributed by atoms with Crippen molar-refractivity contribution >= 4 is 5.96 Å². The van der Waals surface area contributed by atoms with Gasteiger partial charge in [-0.3, -0.25) is 0 Å². The monoisotopic (exact) mass is 246 g/mol. The topological polar surface area (TPSA) is 54.5 Å². The lowest BCUT2D eigenvalue weighted by atomic mass is 10.3. The standard InChI is InChI=1S/C10H13F3N4/c1-17(2)9(14)15-6-7-4-3-5-8(16-7)10(11,12)13/h3-5H,6H2,1-2H3,(H2,14,15). The van der Waals surface area contributed by atoms with Crippen LogP contribution in [0.25, 0.3) is 0 Å². The molecule has 0 spiro atoms. The van der Waals surface area contributed by atoms with Gasteiger partial charge in [0.2, 0.25) is 0 Å². The Morgan fingerprint density at radius 1 is 1.41 bits per heavy atom. The molecular weight excluding hydrogens is 233 g/mol. The summed E-state index contributed by atoms with van der Waals surface area (Å²) in [7, 11) is 3.39. The largest absolute Gasteiger partial charge is 0.433 e. The molecule has 0 aliphatic rings. The number of aliphatic imine (C=N–C) groups is 1. The molecule has 0 radical (unpaired) electrons. The van der Waals surface area contributed by atoms with Gasteiger partial charge in [0.05, 0.1) is 12.2 Å². The molecular formula is C10H13F3N4. The van der Waals surface area contributed by atoms with Crippen LogP contribution in [0.15, 0.2) is 23.2 Å². The Morgan fingerprint density at radius 2 is 2.06 bits per heavy atom. The van der Waals surface area contributed by atoms with Gasteiger partial charge >= 0.3 is 6.18 Å². The third-order valence-corrected chi connectivity index (χ3v) is 1.96. The molecule has 1 aromatic heterocycles. The second-order valence-electron chi connectivity index (χ2n) is 3.58. The Hall–Kier alpha value is -1.79. The van der Waals surface area contributed by atoms with Gasteiger partial charge in [-0.1, -0.05) is 6.07 Å². The summed E-state index contributed by atoms with van der Waals surface area (Å²) >= 11 is 0. The highest BCUT2D eigenvalue weighted by Gasteiger charge is 2.32. The minimum Gasteiger partial charge on any atom is -0.370 e. The van der Waals surface area contributed by atoms with Gasteiger partial charge in [-0.25, -0.2) is 9.98 Å². The fraction of sp³-hybridized carbons (Fsp3) is 0.400. The minimum absolute atomic E-state index is 0.0218. The number of guanidine groups is 1. The number of pyridine rings is 1. The Kier molecular flexibility index (Phi) is 3.93. The van der Waals surface area contributed by atoms with Gasteiger partial charge < -0.3 is 10.6 Å². The molecule has 4 nitrogen and oxygen atoms in total. The first-order chi connectivity index (χ1) is 7.80. The number of alkyl halides is 3. The van der Waals surface area contributed by atoms with Gasteiger partial charge in [0.1, 0.15) is 5.69 Å². The first-order valence-electron chi connectivity index (χ1n) is 4.81. The summed E-state index contributed by atoms with van der Waals surface area (Å²) in [6.45, 7) is 0.0218. The summed E-state index contributed by atoms with van der Waals surface area (Å²) in [6.07, 6.45) is -4.44. The van der Waals surface area contributed by atoms with E-state index in [1.807, 2.05) is 0 Å². The van der Waals surface area contributed by atoms with Crippen molar-refractivity contribution in [2.75, 3.05) is 14.1 Å². The molecule has 0 fully saturated rings. The molecule has 0 bridgehead atoms. The zero-order chi connectivity index (χ0) is 13.1. The SMILES string of the molecule is CN(C)C(N)=NCc1cccc(C(F)(F)F)n1. The van der Waals surface area contributed by atoms with Crippen LogP contribution in [0.3, 0.4) is 0 Å². The van der Waals surface area contributed by atoms with E-state index in [1.54, 1.807) is 19.0 Å². The summed E-state index contributed by atoms with van der Waals surface area (Å²) in [5, 5.41) is 0. The van der Waals surface area contributed by atoms with E-state index in [9.17, 15) is 13.2 Å². The zero-order valence-electron chi connectivity index (χ0n) is 9.49. The molecule has 0 aromatic carbocycles. The van der Waals surface area contributed by atoms with E-state index < -0.39 is 11.9 Å². The molecule has 0 aliphatic carbocycles. The molecule has 1 aromatic rings. The summed E-state index contributed by atoms with van der Waals surface area (Å²) in [4.78, 5) is 8.94. The van der Waals surface area contributed by atoms with Crippen LogP contribution in [0.5, 0.6) is 0 Å². The van der Waals surface area contributed by atoms with Crippen molar-refractivity contribution in [2.45, 2.75) is 12.7 Å². The second kappa shape index (κ2) is 5.03. The van der Waals surface area contributed by atoms with Crippen LogP contribution in [-0.2, 0) is 12.7 Å². The van der Waals surface area contributed by atoms with Crippen LogP contribution >= 0.6 is 0 Å². The summed E-state index contributed by atoms with van der Waals surface area (Å²) in [6, 6.07) is 3.69. The van der Waals surface area contributed by atoms with Crippen molar-refractivity contribution in [1.82, 2.24) is 9.88 Å². The van der Waals surface area contributed by atoms with Crippen LogP contribution in [0.2, 0.25) is 0 Å². The average Bonchev–Trinajstić information content (AvgIpc) is 2.25. The number of nitrogens with two attached hydrogens (primary N) is 1. The third kappa shape index (κ3) is 3.93. The third-order valence-electron chi connectivity index (χ3n) is 1.96. The van der Waals surface area contributed by atoms with Crippen LogP contribution in [0, 0.1) is 0 Å². The normalized spacial score (nSPS) is 12.6. The Morgan fingerprint density at radius 3 is 2.59 bits per heavy atom. The zero-order valence-corrected chi connectivity index (χ0v) is 9.49. The van der Waals surface area contributed by atoms with E-state index >= 15 is 0 Å². The molecule has 0 unspecified atom stereocenters. The van der Waals surface area contributed by atoms with Gasteiger partial charge in [-0.15, -0.1) is 0 Å². The Bertz CT molecular complexity index is 412. The van der Waals surface area contributed by atoms with Gasteiger partial charge in [0, 0.05) is 14.1 Å². The number of hydrogen-bond donors (Lipinski definition) is 1. The second-order valence-corrected chi connectivity index (χ2v) is 3.58. The number of aromatic nitrogens is 1. The van der Waals surface area contributed by atoms with E-state index in [1.165, 1.54) is 12.1 Å². The fourth-order valence-corrected chi connectivity index (χ4v) is 1.03. The minimum atomic E-state index is -4.44. The van der Waals surface area contributed by atoms with Crippen molar-refractivity contribution < 1.29 is 13.2 Å². The van der Waals surface area contributed by atoms with E-state index in [4.69, 9.17) is 5.73 Å². The highest BCUT2D eigenvalue weighted by molar-refractivity contribution is 5.77. The first kappa shape index (κ1) is 13.3. The van der Waals surface area contributed by atoms with Crippen molar-refractivity contribution in [2.24, 2.45) is 10.7 Å². The summed E-state index contributed by atoms with van der Waals surface area (Å²) in [5.41, 5.74) is 4.82. The lowest BCUT2D eigenvalue weighted by Crippen LogP contribution is -2.30. The molecule has 0 saturated carbocycles. The molecule has 1 heterocycles. The molecule has 7 heteroatoms. The number of nitrogens with zero attached hydrogens (tertiary/aromatic N) is 3. The number of rotatable bonds is 2. The first-order valence-corrected chi connectivity index (χ1v) is 4.81. The lowest BCUT2D eigenvalue weighted by Gasteiger charge is -2.10. The maximum Gasteiger partial charge on any atom is 0.433 e. The predicted molar refractivity (Wildman–Crippen MR) is 58.3 cm³/mol. The van der Waals surface area contributed by atoms with Gasteiger partial charge in [0.25, 0.3) is 0 Å². The Labute approximate surface area is 97.0 Å². The van der Waals surface area contributed by atoms with Crippen molar-refractivity contribution in [3.63, 3.8) is 0 Å². The van der Waals surface area contributed by atoms with E-state index in [0.717, 1.165) is 6.07 Å². The van der Waals surface area contributed by atoms with Crippen molar-refractivity contribution in [3.05, 3.63) is 29.6 Å². The predicted octanol–water partition coefficient (Wildman–Crippen LogP) is 1.48. The molecule has 0 aliphatic heterocycles. The molecule has 1 rings (SSSR count). The summed E-state index contributed by atoms with van der Waals surface area (Å²) in [5.74, 6) is 0.240. The van der Waals surface area contributed by atoms with E-state index in [-0.39, 0.29) is 18.2 Å².